The van der Waals surface area contributed by atoms with E-state index in [1.165, 1.54) is 11.3 Å². The molecule has 1 aliphatic carbocycles. The zero-order valence-corrected chi connectivity index (χ0v) is 11.8. The van der Waals surface area contributed by atoms with Gasteiger partial charge in [0.1, 0.15) is 0 Å². The highest BCUT2D eigenvalue weighted by Crippen LogP contribution is 2.32. The molecular formula is C9H10Br2N2OS. The van der Waals surface area contributed by atoms with Crippen LogP contribution in [0.25, 0.3) is 0 Å². The molecule has 1 aliphatic rings. The summed E-state index contributed by atoms with van der Waals surface area (Å²) in [6.07, 6.45) is 1.77. The van der Waals surface area contributed by atoms with Gasteiger partial charge in [-0.25, -0.2) is 0 Å². The second-order valence-electron chi connectivity index (χ2n) is 3.64. The average Bonchev–Trinajstić information content (AvgIpc) is 2.42. The zero-order chi connectivity index (χ0) is 11.0. The number of nitrogens with two attached hydrogens (primary N) is 1. The second kappa shape index (κ2) is 4.53. The van der Waals surface area contributed by atoms with Gasteiger partial charge >= 0.3 is 0 Å². The van der Waals surface area contributed by atoms with Gasteiger partial charge < -0.3 is 11.1 Å². The molecule has 82 valence electrons. The normalized spacial score (nSPS) is 24.7. The molecule has 0 aromatic carbocycles. The number of halogens is 2. The van der Waals surface area contributed by atoms with Crippen molar-refractivity contribution in [3.8, 4) is 0 Å². The molecule has 6 heteroatoms. The molecule has 0 spiro atoms. The molecule has 0 radical (unpaired) electrons. The molecule has 2 rings (SSSR count). The quantitative estimate of drug-likeness (QED) is 0.858. The monoisotopic (exact) mass is 352 g/mol. The predicted octanol–water partition coefficient (Wildman–Crippen LogP) is 2.49. The van der Waals surface area contributed by atoms with Crippen LogP contribution in [0.4, 0.5) is 0 Å². The first kappa shape index (κ1) is 11.6. The lowest BCUT2D eigenvalue weighted by Gasteiger charge is -2.32. The topological polar surface area (TPSA) is 55.1 Å². The Morgan fingerprint density at radius 2 is 2.20 bits per heavy atom. The second-order valence-corrected chi connectivity index (χ2v) is 7.39. The Morgan fingerprint density at radius 3 is 2.67 bits per heavy atom. The number of amides is 1. The average molecular weight is 354 g/mol. The smallest absolute Gasteiger partial charge is 0.253 e. The van der Waals surface area contributed by atoms with Crippen LogP contribution in [0.15, 0.2) is 13.6 Å². The van der Waals surface area contributed by atoms with E-state index in [0.717, 1.165) is 20.4 Å². The van der Waals surface area contributed by atoms with Crippen LogP contribution in [0.1, 0.15) is 23.2 Å². The van der Waals surface area contributed by atoms with Gasteiger partial charge in [-0.05, 0) is 50.8 Å². The van der Waals surface area contributed by atoms with E-state index in [1.54, 1.807) is 0 Å². The first-order valence-electron chi connectivity index (χ1n) is 4.57. The minimum absolute atomic E-state index is 0.0271. The number of nitrogens with one attached hydrogen (secondary N) is 1. The van der Waals surface area contributed by atoms with Crippen molar-refractivity contribution in [2.75, 3.05) is 0 Å². The van der Waals surface area contributed by atoms with Crippen molar-refractivity contribution < 1.29 is 4.79 Å². The summed E-state index contributed by atoms with van der Waals surface area (Å²) in [5.41, 5.74) is 6.34. The standard InChI is InChI=1S/C9H10Br2N2OS/c10-7-3-6(8(11)15-7)9(14)13-5-1-4(12)2-5/h3-5H,1-2,12H2,(H,13,14). The van der Waals surface area contributed by atoms with Gasteiger partial charge in [0.15, 0.2) is 0 Å². The van der Waals surface area contributed by atoms with Gasteiger partial charge in [0.05, 0.1) is 13.1 Å². The lowest BCUT2D eigenvalue weighted by Crippen LogP contribution is -2.50. The molecule has 1 aromatic heterocycles. The maximum absolute atomic E-state index is 11.8. The Labute approximate surface area is 109 Å². The van der Waals surface area contributed by atoms with Crippen LogP contribution in [-0.4, -0.2) is 18.0 Å². The van der Waals surface area contributed by atoms with Crippen molar-refractivity contribution in [2.45, 2.75) is 24.9 Å². The lowest BCUT2D eigenvalue weighted by molar-refractivity contribution is 0.0910. The highest BCUT2D eigenvalue weighted by molar-refractivity contribution is 9.12. The molecular weight excluding hydrogens is 344 g/mol. The van der Waals surface area contributed by atoms with E-state index >= 15 is 0 Å². The predicted molar refractivity (Wildman–Crippen MR) is 68.2 cm³/mol. The van der Waals surface area contributed by atoms with Crippen molar-refractivity contribution in [1.82, 2.24) is 5.32 Å². The SMILES string of the molecule is NC1CC(NC(=O)c2cc(Br)sc2Br)C1. The Bertz CT molecular complexity index is 387. The van der Waals surface area contributed by atoms with Gasteiger partial charge in [0.2, 0.25) is 0 Å². The highest BCUT2D eigenvalue weighted by atomic mass is 79.9. The first-order valence-corrected chi connectivity index (χ1v) is 6.98. The van der Waals surface area contributed by atoms with Crippen molar-refractivity contribution in [2.24, 2.45) is 5.73 Å². The Balaban J connectivity index is 1.99. The molecule has 15 heavy (non-hydrogen) atoms. The maximum atomic E-state index is 11.8. The number of carbonyl (C=O) groups is 1. The molecule has 3 nitrogen and oxygen atoms in total. The number of hydrogen-bond donors (Lipinski definition) is 2. The van der Waals surface area contributed by atoms with Gasteiger partial charge in [0, 0.05) is 12.1 Å². The van der Waals surface area contributed by atoms with E-state index in [1.807, 2.05) is 6.07 Å². The molecule has 0 atom stereocenters. The van der Waals surface area contributed by atoms with Crippen LogP contribution >= 0.6 is 43.2 Å². The van der Waals surface area contributed by atoms with Crippen molar-refractivity contribution in [3.63, 3.8) is 0 Å². The van der Waals surface area contributed by atoms with Crippen molar-refractivity contribution >= 4 is 49.1 Å². The summed E-state index contributed by atoms with van der Waals surface area (Å²) in [4.78, 5) is 11.8. The van der Waals surface area contributed by atoms with E-state index in [9.17, 15) is 4.79 Å². The highest BCUT2D eigenvalue weighted by Gasteiger charge is 2.28. The van der Waals surface area contributed by atoms with Crippen LogP contribution in [0.5, 0.6) is 0 Å². The number of carbonyl (C=O) groups excluding carboxylic acids is 1. The third kappa shape index (κ3) is 2.61. The van der Waals surface area contributed by atoms with Gasteiger partial charge in [-0.3, -0.25) is 4.79 Å². The molecule has 0 unspecified atom stereocenters. The van der Waals surface area contributed by atoms with Gasteiger partial charge in [-0.15, -0.1) is 11.3 Å². The van der Waals surface area contributed by atoms with Crippen LogP contribution in [-0.2, 0) is 0 Å². The summed E-state index contributed by atoms with van der Waals surface area (Å²) < 4.78 is 1.81. The fourth-order valence-electron chi connectivity index (χ4n) is 1.54. The number of thiophene rings is 1. The summed E-state index contributed by atoms with van der Waals surface area (Å²) in [7, 11) is 0. The molecule has 1 fully saturated rings. The van der Waals surface area contributed by atoms with E-state index in [-0.39, 0.29) is 18.0 Å². The summed E-state index contributed by atoms with van der Waals surface area (Å²) in [6.45, 7) is 0. The van der Waals surface area contributed by atoms with Crippen LogP contribution in [0, 0.1) is 0 Å². The zero-order valence-electron chi connectivity index (χ0n) is 7.80. The molecule has 1 aromatic rings. The third-order valence-corrected chi connectivity index (χ3v) is 4.75. The summed E-state index contributed by atoms with van der Waals surface area (Å²) in [6, 6.07) is 2.33. The summed E-state index contributed by atoms with van der Waals surface area (Å²) in [5.74, 6) is -0.0271. The fourth-order valence-corrected chi connectivity index (χ4v) is 4.33. The number of hydrogen-bond acceptors (Lipinski definition) is 3. The van der Waals surface area contributed by atoms with Gasteiger partial charge in [-0.2, -0.15) is 0 Å². The van der Waals surface area contributed by atoms with Crippen LogP contribution in [0.3, 0.4) is 0 Å². The van der Waals surface area contributed by atoms with E-state index in [4.69, 9.17) is 5.73 Å². The summed E-state index contributed by atoms with van der Waals surface area (Å²) >= 11 is 8.21. The fraction of sp³-hybridized carbons (Fsp3) is 0.444. The minimum atomic E-state index is -0.0271. The largest absolute Gasteiger partial charge is 0.349 e. The van der Waals surface area contributed by atoms with Crippen LogP contribution in [0.2, 0.25) is 0 Å². The number of rotatable bonds is 2. The molecule has 0 bridgehead atoms. The Morgan fingerprint density at radius 1 is 1.53 bits per heavy atom. The van der Waals surface area contributed by atoms with E-state index in [0.29, 0.717) is 5.56 Å². The van der Waals surface area contributed by atoms with Gasteiger partial charge in [-0.1, -0.05) is 0 Å². The van der Waals surface area contributed by atoms with Gasteiger partial charge in [0.25, 0.3) is 5.91 Å². The van der Waals surface area contributed by atoms with Crippen molar-refractivity contribution in [1.29, 1.82) is 0 Å². The molecule has 1 saturated carbocycles. The minimum Gasteiger partial charge on any atom is -0.349 e. The van der Waals surface area contributed by atoms with E-state index in [2.05, 4.69) is 37.2 Å². The third-order valence-electron chi connectivity index (χ3n) is 2.41. The molecule has 0 aliphatic heterocycles. The lowest BCUT2D eigenvalue weighted by atomic mass is 9.87. The Hall–Kier alpha value is 0.0900. The van der Waals surface area contributed by atoms with Crippen molar-refractivity contribution in [3.05, 3.63) is 19.2 Å². The maximum Gasteiger partial charge on any atom is 0.253 e. The molecule has 0 saturated heterocycles. The van der Waals surface area contributed by atoms with Crippen LogP contribution < -0.4 is 11.1 Å². The van der Waals surface area contributed by atoms with E-state index < -0.39 is 0 Å². The molecule has 3 N–H and O–H groups in total. The first-order chi connectivity index (χ1) is 7.06. The molecule has 1 amide bonds. The Kier molecular flexibility index (Phi) is 3.49. The molecule has 1 heterocycles. The summed E-state index contributed by atoms with van der Waals surface area (Å²) in [5, 5.41) is 2.95.